The van der Waals surface area contributed by atoms with Gasteiger partial charge in [0.25, 0.3) is 11.5 Å². The van der Waals surface area contributed by atoms with Crippen molar-refractivity contribution in [1.82, 2.24) is 4.57 Å². The van der Waals surface area contributed by atoms with Crippen molar-refractivity contribution < 1.29 is 9.49 Å². The van der Waals surface area contributed by atoms with Gasteiger partial charge in [-0.1, -0.05) is 6.92 Å². The Morgan fingerprint density at radius 1 is 1.33 bits per heavy atom. The van der Waals surface area contributed by atoms with E-state index in [1.165, 1.54) is 12.1 Å². The first-order chi connectivity index (χ1) is 8.63. The monoisotopic (exact) mass is 246 g/mol. The Balaban J connectivity index is 2.34. The van der Waals surface area contributed by atoms with Crippen molar-refractivity contribution in [1.29, 1.82) is 0 Å². The number of nitrogens with zero attached hydrogens (tertiary/aromatic N) is 3. The molecule has 0 spiro atoms. The van der Waals surface area contributed by atoms with Gasteiger partial charge in [-0.3, -0.25) is 10.1 Å². The average molecular weight is 246 g/mol. The van der Waals surface area contributed by atoms with Crippen molar-refractivity contribution in [2.45, 2.75) is 26.8 Å². The van der Waals surface area contributed by atoms with Crippen LogP contribution in [0.4, 0.5) is 5.69 Å². The molecule has 5 heteroatoms. The van der Waals surface area contributed by atoms with Crippen molar-refractivity contribution in [3.8, 4) is 5.69 Å². The van der Waals surface area contributed by atoms with Gasteiger partial charge in [-0.2, -0.15) is 0 Å². The molecule has 0 fully saturated rings. The molecule has 1 heterocycles. The normalized spacial score (nSPS) is 10.6. The van der Waals surface area contributed by atoms with Crippen LogP contribution in [0.2, 0.25) is 0 Å². The van der Waals surface area contributed by atoms with E-state index < -0.39 is 0 Å². The lowest BCUT2D eigenvalue weighted by Crippen LogP contribution is -2.34. The molecule has 0 aliphatic carbocycles. The summed E-state index contributed by atoms with van der Waals surface area (Å²) in [4.78, 5) is 10.2. The number of rotatable bonds is 4. The standard InChI is InChI=1S/C13H16N3O2/c1-3-8-14-9-10-15(11(14)2)12-4-6-13(7-5-12)16(17)18/h4-7,9-10H,3,8H2,1-2H3/q+1. The van der Waals surface area contributed by atoms with Crippen LogP contribution in [0.3, 0.4) is 0 Å². The molecule has 0 saturated carbocycles. The van der Waals surface area contributed by atoms with E-state index in [1.807, 2.05) is 23.9 Å². The molecule has 0 radical (unpaired) electrons. The minimum atomic E-state index is -0.385. The molecule has 0 saturated heterocycles. The number of benzene rings is 1. The summed E-state index contributed by atoms with van der Waals surface area (Å²) < 4.78 is 4.20. The molecule has 5 nitrogen and oxygen atoms in total. The van der Waals surface area contributed by atoms with Gasteiger partial charge >= 0.3 is 0 Å². The zero-order valence-electron chi connectivity index (χ0n) is 10.5. The maximum Gasteiger partial charge on any atom is 0.269 e. The number of nitro groups is 1. The van der Waals surface area contributed by atoms with Gasteiger partial charge in [0.05, 0.1) is 11.5 Å². The maximum atomic E-state index is 10.6. The largest absolute Gasteiger partial charge is 0.269 e. The molecule has 1 aromatic carbocycles. The quantitative estimate of drug-likeness (QED) is 0.472. The van der Waals surface area contributed by atoms with Gasteiger partial charge in [0.1, 0.15) is 18.1 Å². The molecule has 0 N–H and O–H groups in total. The molecule has 0 bridgehead atoms. The first-order valence-corrected chi connectivity index (χ1v) is 5.95. The van der Waals surface area contributed by atoms with Crippen LogP contribution in [0.25, 0.3) is 5.69 Å². The highest BCUT2D eigenvalue weighted by atomic mass is 16.6. The number of non-ortho nitro benzene ring substituents is 1. The summed E-state index contributed by atoms with van der Waals surface area (Å²) >= 11 is 0. The lowest BCUT2D eigenvalue weighted by Gasteiger charge is -1.99. The van der Waals surface area contributed by atoms with Crippen molar-refractivity contribution in [2.24, 2.45) is 0 Å². The highest BCUT2D eigenvalue weighted by molar-refractivity contribution is 5.41. The van der Waals surface area contributed by atoms with E-state index in [9.17, 15) is 10.1 Å². The zero-order chi connectivity index (χ0) is 13.1. The zero-order valence-corrected chi connectivity index (χ0v) is 10.5. The minimum Gasteiger partial charge on any atom is -0.258 e. The first-order valence-electron chi connectivity index (χ1n) is 5.95. The van der Waals surface area contributed by atoms with Crippen LogP contribution >= 0.6 is 0 Å². The summed E-state index contributed by atoms with van der Waals surface area (Å²) in [5.74, 6) is 1.12. The topological polar surface area (TPSA) is 52.0 Å². The lowest BCUT2D eigenvalue weighted by atomic mass is 10.3. The second-order valence-electron chi connectivity index (χ2n) is 4.18. The summed E-state index contributed by atoms with van der Waals surface area (Å²) in [6, 6.07) is 6.58. The molecular formula is C13H16N3O2+. The Labute approximate surface area is 105 Å². The molecule has 0 atom stereocenters. The third kappa shape index (κ3) is 2.25. The van der Waals surface area contributed by atoms with Crippen LogP contribution in [-0.4, -0.2) is 9.49 Å². The van der Waals surface area contributed by atoms with Gasteiger partial charge in [0, 0.05) is 19.1 Å². The molecule has 0 amide bonds. The first kappa shape index (κ1) is 12.3. The SMILES string of the molecule is CCC[n+]1ccn(-c2ccc([N+](=O)[O-])cc2)c1C. The maximum absolute atomic E-state index is 10.6. The number of hydrogen-bond donors (Lipinski definition) is 0. The van der Waals surface area contributed by atoms with Crippen molar-refractivity contribution in [3.05, 3.63) is 52.6 Å². The molecule has 1 aromatic heterocycles. The van der Waals surface area contributed by atoms with Gasteiger partial charge in [0.2, 0.25) is 0 Å². The predicted molar refractivity (Wildman–Crippen MR) is 67.6 cm³/mol. The van der Waals surface area contributed by atoms with Gasteiger partial charge in [-0.25, -0.2) is 9.13 Å². The third-order valence-corrected chi connectivity index (χ3v) is 2.96. The van der Waals surface area contributed by atoms with E-state index in [0.29, 0.717) is 0 Å². The number of aryl methyl sites for hydroxylation is 1. The molecule has 94 valence electrons. The smallest absolute Gasteiger partial charge is 0.258 e. The Morgan fingerprint density at radius 3 is 2.56 bits per heavy atom. The number of nitro benzene ring substituents is 1. The minimum absolute atomic E-state index is 0.116. The van der Waals surface area contributed by atoms with Crippen LogP contribution in [0.1, 0.15) is 19.2 Å². The van der Waals surface area contributed by atoms with Crippen molar-refractivity contribution in [2.75, 3.05) is 0 Å². The fourth-order valence-corrected chi connectivity index (χ4v) is 1.99. The summed E-state index contributed by atoms with van der Waals surface area (Å²) in [6.07, 6.45) is 5.09. The summed E-state index contributed by atoms with van der Waals surface area (Å²) in [5, 5.41) is 10.6. The van der Waals surface area contributed by atoms with E-state index >= 15 is 0 Å². The summed E-state index contributed by atoms with van der Waals surface area (Å²) in [6.45, 7) is 5.15. The second kappa shape index (κ2) is 5.00. The number of hydrogen-bond acceptors (Lipinski definition) is 2. The molecule has 0 unspecified atom stereocenters. The van der Waals surface area contributed by atoms with Crippen LogP contribution in [0, 0.1) is 17.0 Å². The molecule has 0 aliphatic rings. The molecular weight excluding hydrogens is 230 g/mol. The highest BCUT2D eigenvalue weighted by Crippen LogP contribution is 2.15. The van der Waals surface area contributed by atoms with Gasteiger partial charge in [-0.15, -0.1) is 0 Å². The average Bonchev–Trinajstić information content (AvgIpc) is 2.72. The molecule has 0 aliphatic heterocycles. The van der Waals surface area contributed by atoms with E-state index in [4.69, 9.17) is 0 Å². The summed E-state index contributed by atoms with van der Waals surface area (Å²) in [7, 11) is 0. The lowest BCUT2D eigenvalue weighted by molar-refractivity contribution is -0.702. The van der Waals surface area contributed by atoms with Gasteiger partial charge in [0.15, 0.2) is 0 Å². The number of imidazole rings is 1. The van der Waals surface area contributed by atoms with E-state index in [2.05, 4.69) is 11.5 Å². The van der Waals surface area contributed by atoms with E-state index in [-0.39, 0.29) is 10.6 Å². The fraction of sp³-hybridized carbons (Fsp3) is 0.308. The predicted octanol–water partition coefficient (Wildman–Crippen LogP) is 2.39. The van der Waals surface area contributed by atoms with Crippen molar-refractivity contribution >= 4 is 5.69 Å². The van der Waals surface area contributed by atoms with Crippen LogP contribution in [0.5, 0.6) is 0 Å². The van der Waals surface area contributed by atoms with Gasteiger partial charge in [-0.05, 0) is 18.6 Å². The Bertz CT molecular complexity index is 558. The molecule has 2 rings (SSSR count). The number of aromatic nitrogens is 2. The van der Waals surface area contributed by atoms with Crippen LogP contribution < -0.4 is 4.57 Å². The highest BCUT2D eigenvalue weighted by Gasteiger charge is 2.14. The van der Waals surface area contributed by atoms with Crippen LogP contribution in [-0.2, 0) is 6.54 Å². The van der Waals surface area contributed by atoms with Crippen LogP contribution in [0.15, 0.2) is 36.7 Å². The van der Waals surface area contributed by atoms with Gasteiger partial charge < -0.3 is 0 Å². The van der Waals surface area contributed by atoms with E-state index in [1.54, 1.807) is 12.1 Å². The Hall–Kier alpha value is -2.17. The Kier molecular flexibility index (Phi) is 3.41. The summed E-state index contributed by atoms with van der Waals surface area (Å²) in [5.41, 5.74) is 1.05. The Morgan fingerprint density at radius 2 is 2.00 bits per heavy atom. The fourth-order valence-electron chi connectivity index (χ4n) is 1.99. The second-order valence-corrected chi connectivity index (χ2v) is 4.18. The third-order valence-electron chi connectivity index (χ3n) is 2.96. The van der Waals surface area contributed by atoms with Crippen molar-refractivity contribution in [3.63, 3.8) is 0 Å². The van der Waals surface area contributed by atoms with E-state index in [0.717, 1.165) is 24.5 Å². The molecule has 2 aromatic rings. The molecule has 18 heavy (non-hydrogen) atoms.